The Morgan fingerprint density at radius 3 is 2.37 bits per heavy atom. The van der Waals surface area contributed by atoms with E-state index in [1.54, 1.807) is 0 Å². The number of amides is 1. The molecule has 4 heteroatoms. The summed E-state index contributed by atoms with van der Waals surface area (Å²) in [7, 11) is 0. The van der Waals surface area contributed by atoms with Crippen molar-refractivity contribution in [1.82, 2.24) is 9.88 Å². The molecule has 1 amide bonds. The largest absolute Gasteiger partial charge is 0.355 e. The predicted octanol–water partition coefficient (Wildman–Crippen LogP) is 5.22. The zero-order valence-corrected chi connectivity index (χ0v) is 16.0. The number of hydrogen-bond acceptors (Lipinski definition) is 3. The molecule has 0 radical (unpaired) electrons. The van der Waals surface area contributed by atoms with E-state index in [-0.39, 0.29) is 5.91 Å². The number of anilines is 2. The fourth-order valence-electron chi connectivity index (χ4n) is 3.60. The van der Waals surface area contributed by atoms with E-state index in [1.165, 1.54) is 17.5 Å². The van der Waals surface area contributed by atoms with Gasteiger partial charge in [0.05, 0.1) is 11.2 Å². The van der Waals surface area contributed by atoms with Gasteiger partial charge in [-0.05, 0) is 63.4 Å². The number of fused-ring (bicyclic) bond motifs is 1. The summed E-state index contributed by atoms with van der Waals surface area (Å²) < 4.78 is 0. The Kier molecular flexibility index (Phi) is 4.80. The van der Waals surface area contributed by atoms with Crippen LogP contribution in [0.25, 0.3) is 10.9 Å². The van der Waals surface area contributed by atoms with Crippen molar-refractivity contribution in [2.24, 2.45) is 0 Å². The molecule has 1 saturated heterocycles. The van der Waals surface area contributed by atoms with E-state index in [4.69, 9.17) is 0 Å². The smallest absolute Gasteiger partial charge is 0.272 e. The lowest BCUT2D eigenvalue weighted by molar-refractivity contribution is 0.0719. The summed E-state index contributed by atoms with van der Waals surface area (Å²) >= 11 is 0. The number of nitrogens with zero attached hydrogens (tertiary/aromatic N) is 2. The minimum atomic E-state index is 0.0316. The van der Waals surface area contributed by atoms with Gasteiger partial charge in [-0.3, -0.25) is 4.79 Å². The van der Waals surface area contributed by atoms with Crippen LogP contribution in [0.5, 0.6) is 0 Å². The third-order valence-electron chi connectivity index (χ3n) is 5.16. The maximum Gasteiger partial charge on any atom is 0.272 e. The molecule has 0 aliphatic carbocycles. The number of benzene rings is 2. The lowest BCUT2D eigenvalue weighted by Gasteiger charge is -2.26. The summed E-state index contributed by atoms with van der Waals surface area (Å²) in [5, 5.41) is 4.52. The maximum atomic E-state index is 13.0. The number of pyridine rings is 1. The van der Waals surface area contributed by atoms with Crippen LogP contribution in [-0.2, 0) is 0 Å². The third kappa shape index (κ3) is 3.80. The van der Waals surface area contributed by atoms with Gasteiger partial charge in [0.1, 0.15) is 5.69 Å². The van der Waals surface area contributed by atoms with Gasteiger partial charge in [0.2, 0.25) is 0 Å². The topological polar surface area (TPSA) is 45.2 Å². The number of aryl methyl sites for hydroxylation is 2. The Balaban J connectivity index is 1.76. The van der Waals surface area contributed by atoms with Crippen molar-refractivity contribution < 1.29 is 4.79 Å². The summed E-state index contributed by atoms with van der Waals surface area (Å²) in [6, 6.07) is 16.3. The van der Waals surface area contributed by atoms with Crippen LogP contribution in [0.1, 0.15) is 40.9 Å². The molecule has 2 heterocycles. The number of rotatable bonds is 3. The molecule has 0 spiro atoms. The molecule has 27 heavy (non-hydrogen) atoms. The molecule has 1 aliphatic heterocycles. The second-order valence-corrected chi connectivity index (χ2v) is 7.42. The van der Waals surface area contributed by atoms with Crippen LogP contribution in [0.2, 0.25) is 0 Å². The highest BCUT2D eigenvalue weighted by molar-refractivity contribution is 6.00. The maximum absolute atomic E-state index is 13.0. The number of carbonyl (C=O) groups is 1. The van der Waals surface area contributed by atoms with Gasteiger partial charge in [0.15, 0.2) is 0 Å². The predicted molar refractivity (Wildman–Crippen MR) is 111 cm³/mol. The van der Waals surface area contributed by atoms with Crippen LogP contribution in [0.4, 0.5) is 11.4 Å². The molecule has 4 nitrogen and oxygen atoms in total. The van der Waals surface area contributed by atoms with E-state index in [9.17, 15) is 4.79 Å². The molecule has 0 unspecified atom stereocenters. The van der Waals surface area contributed by atoms with Gasteiger partial charge in [-0.2, -0.15) is 0 Å². The van der Waals surface area contributed by atoms with Crippen LogP contribution >= 0.6 is 0 Å². The summed E-state index contributed by atoms with van der Waals surface area (Å²) in [5.74, 6) is 0.0316. The van der Waals surface area contributed by atoms with Crippen LogP contribution in [0, 0.1) is 13.8 Å². The first kappa shape index (κ1) is 17.5. The van der Waals surface area contributed by atoms with Crippen molar-refractivity contribution in [1.29, 1.82) is 0 Å². The lowest BCUT2D eigenvalue weighted by atomic mass is 10.1. The van der Waals surface area contributed by atoms with Crippen LogP contribution in [0.3, 0.4) is 0 Å². The van der Waals surface area contributed by atoms with Gasteiger partial charge in [-0.25, -0.2) is 4.98 Å². The number of likely N-dealkylation sites (tertiary alicyclic amines) is 1. The molecule has 1 N–H and O–H groups in total. The van der Waals surface area contributed by atoms with E-state index in [0.717, 1.165) is 48.2 Å². The van der Waals surface area contributed by atoms with Crippen LogP contribution in [0.15, 0.2) is 48.5 Å². The van der Waals surface area contributed by atoms with E-state index in [1.807, 2.05) is 23.1 Å². The van der Waals surface area contributed by atoms with Gasteiger partial charge in [-0.15, -0.1) is 0 Å². The normalized spacial score (nSPS) is 14.4. The Bertz CT molecular complexity index is 973. The molecule has 0 bridgehead atoms. The van der Waals surface area contributed by atoms with Crippen molar-refractivity contribution >= 4 is 28.2 Å². The average Bonchev–Trinajstić information content (AvgIpc) is 2.70. The molecular weight excluding hydrogens is 334 g/mol. The Morgan fingerprint density at radius 2 is 1.63 bits per heavy atom. The molecule has 1 fully saturated rings. The summed E-state index contributed by atoms with van der Waals surface area (Å²) in [6.45, 7) is 5.80. The Labute approximate surface area is 160 Å². The first-order valence-corrected chi connectivity index (χ1v) is 9.64. The van der Waals surface area contributed by atoms with Crippen molar-refractivity contribution in [3.05, 3.63) is 65.4 Å². The monoisotopic (exact) mass is 359 g/mol. The fourth-order valence-corrected chi connectivity index (χ4v) is 3.60. The highest BCUT2D eigenvalue weighted by atomic mass is 16.2. The standard InChI is InChI=1S/C23H25N3O/c1-16-6-9-18(10-7-16)24-21-15-22(23(27)26-12-4-3-5-13-26)25-20-11-8-17(2)14-19(20)21/h6-11,14-15H,3-5,12-13H2,1-2H3,(H,24,25). The number of carbonyl (C=O) groups excluding carboxylic acids is 1. The van der Waals surface area contributed by atoms with Crippen LogP contribution < -0.4 is 5.32 Å². The number of aromatic nitrogens is 1. The SMILES string of the molecule is Cc1ccc(Nc2cc(C(=O)N3CCCCC3)nc3ccc(C)cc23)cc1. The summed E-state index contributed by atoms with van der Waals surface area (Å²) in [4.78, 5) is 19.6. The quantitative estimate of drug-likeness (QED) is 0.697. The fraction of sp³-hybridized carbons (Fsp3) is 0.304. The lowest BCUT2D eigenvalue weighted by Crippen LogP contribution is -2.36. The first-order chi connectivity index (χ1) is 13.1. The van der Waals surface area contributed by atoms with E-state index >= 15 is 0 Å². The minimum absolute atomic E-state index is 0.0316. The van der Waals surface area contributed by atoms with Gasteiger partial charge in [0, 0.05) is 24.2 Å². The summed E-state index contributed by atoms with van der Waals surface area (Å²) in [5.41, 5.74) is 5.68. The van der Waals surface area contributed by atoms with Crippen molar-refractivity contribution in [3.8, 4) is 0 Å². The molecule has 0 saturated carbocycles. The van der Waals surface area contributed by atoms with Crippen molar-refractivity contribution in [2.75, 3.05) is 18.4 Å². The van der Waals surface area contributed by atoms with E-state index < -0.39 is 0 Å². The summed E-state index contributed by atoms with van der Waals surface area (Å²) in [6.07, 6.45) is 3.36. The molecule has 1 aromatic heterocycles. The number of nitrogens with one attached hydrogen (secondary N) is 1. The zero-order chi connectivity index (χ0) is 18.8. The zero-order valence-electron chi connectivity index (χ0n) is 16.0. The molecule has 0 atom stereocenters. The molecular formula is C23H25N3O. The first-order valence-electron chi connectivity index (χ1n) is 9.64. The molecule has 1 aliphatic rings. The Hall–Kier alpha value is -2.88. The number of hydrogen-bond donors (Lipinski definition) is 1. The second-order valence-electron chi connectivity index (χ2n) is 7.42. The van der Waals surface area contributed by atoms with Crippen LogP contribution in [-0.4, -0.2) is 28.9 Å². The van der Waals surface area contributed by atoms with Gasteiger partial charge in [-0.1, -0.05) is 29.3 Å². The molecule has 2 aromatic carbocycles. The van der Waals surface area contributed by atoms with Gasteiger partial charge < -0.3 is 10.2 Å². The molecule has 4 rings (SSSR count). The molecule has 3 aromatic rings. The van der Waals surface area contributed by atoms with E-state index in [2.05, 4.69) is 54.5 Å². The van der Waals surface area contributed by atoms with E-state index in [0.29, 0.717) is 5.69 Å². The minimum Gasteiger partial charge on any atom is -0.355 e. The van der Waals surface area contributed by atoms with Gasteiger partial charge in [0.25, 0.3) is 5.91 Å². The third-order valence-corrected chi connectivity index (χ3v) is 5.16. The highest BCUT2D eigenvalue weighted by Gasteiger charge is 2.21. The number of piperidine rings is 1. The van der Waals surface area contributed by atoms with Gasteiger partial charge >= 0.3 is 0 Å². The van der Waals surface area contributed by atoms with Crippen molar-refractivity contribution in [3.63, 3.8) is 0 Å². The van der Waals surface area contributed by atoms with Crippen molar-refractivity contribution in [2.45, 2.75) is 33.1 Å². The highest BCUT2D eigenvalue weighted by Crippen LogP contribution is 2.28. The molecule has 138 valence electrons. The second kappa shape index (κ2) is 7.39. The average molecular weight is 359 g/mol. The Morgan fingerprint density at radius 1 is 0.926 bits per heavy atom.